The SMILES string of the molecule is Cc1ccc(F)c(C(=O)Cc2cccc(F)c2Br)c1. The van der Waals surface area contributed by atoms with E-state index in [1.54, 1.807) is 19.1 Å². The number of aryl methyl sites for hydroxylation is 1. The summed E-state index contributed by atoms with van der Waals surface area (Å²) in [6.45, 7) is 1.79. The Balaban J connectivity index is 2.31. The van der Waals surface area contributed by atoms with Crippen molar-refractivity contribution in [3.05, 3.63) is 69.2 Å². The number of ketones is 1. The molecule has 2 aromatic rings. The average molecular weight is 325 g/mol. The van der Waals surface area contributed by atoms with Gasteiger partial charge in [0, 0.05) is 6.42 Å². The van der Waals surface area contributed by atoms with Crippen LogP contribution < -0.4 is 0 Å². The van der Waals surface area contributed by atoms with Crippen LogP contribution >= 0.6 is 15.9 Å². The standard InChI is InChI=1S/C15H11BrF2O/c1-9-5-6-12(17)11(7-9)14(19)8-10-3-2-4-13(18)15(10)16/h2-7H,8H2,1H3. The van der Waals surface area contributed by atoms with E-state index < -0.39 is 11.6 Å². The van der Waals surface area contributed by atoms with Crippen LogP contribution in [0.2, 0.25) is 0 Å². The zero-order valence-corrected chi connectivity index (χ0v) is 11.8. The second-order valence-electron chi connectivity index (χ2n) is 4.30. The zero-order chi connectivity index (χ0) is 14.0. The van der Waals surface area contributed by atoms with Crippen LogP contribution in [0.15, 0.2) is 40.9 Å². The number of benzene rings is 2. The second kappa shape index (κ2) is 5.61. The van der Waals surface area contributed by atoms with Gasteiger partial charge in [-0.2, -0.15) is 0 Å². The number of rotatable bonds is 3. The Hall–Kier alpha value is -1.55. The van der Waals surface area contributed by atoms with Crippen LogP contribution in [-0.4, -0.2) is 5.78 Å². The molecule has 4 heteroatoms. The van der Waals surface area contributed by atoms with Crippen LogP contribution in [0.1, 0.15) is 21.5 Å². The molecule has 0 heterocycles. The minimum Gasteiger partial charge on any atom is -0.294 e. The Morgan fingerprint density at radius 1 is 1.16 bits per heavy atom. The van der Waals surface area contributed by atoms with Gasteiger partial charge in [-0.15, -0.1) is 0 Å². The summed E-state index contributed by atoms with van der Waals surface area (Å²) in [5.74, 6) is -1.36. The highest BCUT2D eigenvalue weighted by molar-refractivity contribution is 9.10. The summed E-state index contributed by atoms with van der Waals surface area (Å²) >= 11 is 3.09. The lowest BCUT2D eigenvalue weighted by molar-refractivity contribution is 0.0989. The van der Waals surface area contributed by atoms with E-state index in [9.17, 15) is 13.6 Å². The monoisotopic (exact) mass is 324 g/mol. The van der Waals surface area contributed by atoms with E-state index in [-0.39, 0.29) is 22.2 Å². The van der Waals surface area contributed by atoms with Crippen LogP contribution in [0.3, 0.4) is 0 Å². The van der Waals surface area contributed by atoms with Crippen molar-refractivity contribution in [2.24, 2.45) is 0 Å². The van der Waals surface area contributed by atoms with Gasteiger partial charge < -0.3 is 0 Å². The lowest BCUT2D eigenvalue weighted by Crippen LogP contribution is -2.07. The molecule has 0 fully saturated rings. The predicted octanol–water partition coefficient (Wildman–Crippen LogP) is 4.46. The normalized spacial score (nSPS) is 10.5. The van der Waals surface area contributed by atoms with Crippen molar-refractivity contribution in [3.8, 4) is 0 Å². The molecule has 2 aromatic carbocycles. The first-order valence-corrected chi connectivity index (χ1v) is 6.50. The molecule has 0 spiro atoms. The summed E-state index contributed by atoms with van der Waals surface area (Å²) < 4.78 is 27.2. The Bertz CT molecular complexity index is 638. The van der Waals surface area contributed by atoms with Gasteiger partial charge in [0.15, 0.2) is 5.78 Å². The summed E-state index contributed by atoms with van der Waals surface area (Å²) in [5, 5.41) is 0. The van der Waals surface area contributed by atoms with Crippen molar-refractivity contribution < 1.29 is 13.6 Å². The zero-order valence-electron chi connectivity index (χ0n) is 10.2. The second-order valence-corrected chi connectivity index (χ2v) is 5.09. The molecule has 19 heavy (non-hydrogen) atoms. The minimum atomic E-state index is -0.553. The summed E-state index contributed by atoms with van der Waals surface area (Å²) in [7, 11) is 0. The fourth-order valence-electron chi connectivity index (χ4n) is 1.81. The van der Waals surface area contributed by atoms with Crippen molar-refractivity contribution >= 4 is 21.7 Å². The quantitative estimate of drug-likeness (QED) is 0.762. The van der Waals surface area contributed by atoms with E-state index in [0.717, 1.165) is 5.56 Å². The van der Waals surface area contributed by atoms with Gasteiger partial charge in [0.25, 0.3) is 0 Å². The molecule has 0 N–H and O–H groups in total. The first kappa shape index (κ1) is 13.9. The van der Waals surface area contributed by atoms with Crippen molar-refractivity contribution in [2.45, 2.75) is 13.3 Å². The molecule has 0 unspecified atom stereocenters. The molecule has 0 aliphatic carbocycles. The molecule has 0 bridgehead atoms. The van der Waals surface area contributed by atoms with Crippen molar-refractivity contribution in [3.63, 3.8) is 0 Å². The predicted molar refractivity (Wildman–Crippen MR) is 73.3 cm³/mol. The summed E-state index contributed by atoms with van der Waals surface area (Å²) in [5.41, 5.74) is 1.35. The number of carbonyl (C=O) groups is 1. The maximum Gasteiger partial charge on any atom is 0.170 e. The molecule has 1 nitrogen and oxygen atoms in total. The fraction of sp³-hybridized carbons (Fsp3) is 0.133. The van der Waals surface area contributed by atoms with Crippen LogP contribution in [0.25, 0.3) is 0 Å². The molecule has 98 valence electrons. The summed E-state index contributed by atoms with van der Waals surface area (Å²) in [4.78, 5) is 12.1. The van der Waals surface area contributed by atoms with E-state index in [1.807, 2.05) is 0 Å². The lowest BCUT2D eigenvalue weighted by atomic mass is 10.0. The van der Waals surface area contributed by atoms with E-state index in [1.165, 1.54) is 24.3 Å². The van der Waals surface area contributed by atoms with Gasteiger partial charge in [0.05, 0.1) is 10.0 Å². The maximum atomic E-state index is 13.6. The third-order valence-corrected chi connectivity index (χ3v) is 3.69. The molecule has 2 rings (SSSR count). The van der Waals surface area contributed by atoms with Crippen LogP contribution in [-0.2, 0) is 6.42 Å². The Morgan fingerprint density at radius 3 is 2.63 bits per heavy atom. The third-order valence-electron chi connectivity index (χ3n) is 2.80. The topological polar surface area (TPSA) is 17.1 Å². The number of halogens is 3. The number of Topliss-reactive ketones (excluding diaryl/α,β-unsaturated/α-hetero) is 1. The minimum absolute atomic E-state index is 0.0381. The molecule has 0 saturated heterocycles. The highest BCUT2D eigenvalue weighted by atomic mass is 79.9. The molecule has 0 saturated carbocycles. The van der Waals surface area contributed by atoms with Crippen LogP contribution in [0.5, 0.6) is 0 Å². The first-order chi connectivity index (χ1) is 8.99. The number of carbonyl (C=O) groups excluding carboxylic acids is 1. The van der Waals surface area contributed by atoms with Gasteiger partial charge in [0.1, 0.15) is 11.6 Å². The van der Waals surface area contributed by atoms with Gasteiger partial charge in [-0.3, -0.25) is 4.79 Å². The lowest BCUT2D eigenvalue weighted by Gasteiger charge is -2.06. The third kappa shape index (κ3) is 3.07. The van der Waals surface area contributed by atoms with E-state index in [2.05, 4.69) is 15.9 Å². The van der Waals surface area contributed by atoms with Crippen molar-refractivity contribution in [2.75, 3.05) is 0 Å². The van der Waals surface area contributed by atoms with Gasteiger partial charge >= 0.3 is 0 Å². The molecular weight excluding hydrogens is 314 g/mol. The van der Waals surface area contributed by atoms with Gasteiger partial charge in [-0.1, -0.05) is 23.8 Å². The van der Waals surface area contributed by atoms with Gasteiger partial charge in [-0.25, -0.2) is 8.78 Å². The highest BCUT2D eigenvalue weighted by Gasteiger charge is 2.15. The fourth-order valence-corrected chi connectivity index (χ4v) is 2.21. The molecule has 0 aliphatic heterocycles. The van der Waals surface area contributed by atoms with Gasteiger partial charge in [0.2, 0.25) is 0 Å². The number of hydrogen-bond acceptors (Lipinski definition) is 1. The summed E-state index contributed by atoms with van der Waals surface area (Å²) in [6, 6.07) is 8.83. The Kier molecular flexibility index (Phi) is 4.10. The van der Waals surface area contributed by atoms with E-state index in [4.69, 9.17) is 0 Å². The molecule has 0 amide bonds. The smallest absolute Gasteiger partial charge is 0.170 e. The molecule has 0 radical (unpaired) electrons. The average Bonchev–Trinajstić information content (AvgIpc) is 2.38. The van der Waals surface area contributed by atoms with Crippen molar-refractivity contribution in [1.29, 1.82) is 0 Å². The first-order valence-electron chi connectivity index (χ1n) is 5.71. The van der Waals surface area contributed by atoms with Crippen LogP contribution in [0, 0.1) is 18.6 Å². The highest BCUT2D eigenvalue weighted by Crippen LogP contribution is 2.22. The molecule has 0 atom stereocenters. The largest absolute Gasteiger partial charge is 0.294 e. The Labute approximate surface area is 118 Å². The van der Waals surface area contributed by atoms with Gasteiger partial charge in [-0.05, 0) is 46.6 Å². The van der Waals surface area contributed by atoms with Crippen molar-refractivity contribution in [1.82, 2.24) is 0 Å². The Morgan fingerprint density at radius 2 is 1.89 bits per heavy atom. The molecule has 0 aliphatic rings. The molecular formula is C15H11BrF2O. The maximum absolute atomic E-state index is 13.6. The van der Waals surface area contributed by atoms with E-state index >= 15 is 0 Å². The summed E-state index contributed by atoms with van der Waals surface area (Å²) in [6.07, 6.45) is -0.0429. The van der Waals surface area contributed by atoms with Crippen LogP contribution in [0.4, 0.5) is 8.78 Å². The van der Waals surface area contributed by atoms with E-state index in [0.29, 0.717) is 5.56 Å². The number of hydrogen-bond donors (Lipinski definition) is 0. The molecule has 0 aromatic heterocycles.